The predicted molar refractivity (Wildman–Crippen MR) is 142 cm³/mol. The zero-order chi connectivity index (χ0) is 24.4. The molecule has 0 aliphatic carbocycles. The summed E-state index contributed by atoms with van der Waals surface area (Å²) in [6.07, 6.45) is 5.15. The first kappa shape index (κ1) is 22.3. The Labute approximate surface area is 206 Å². The summed E-state index contributed by atoms with van der Waals surface area (Å²) < 4.78 is 0.916. The first-order valence-corrected chi connectivity index (χ1v) is 11.8. The third-order valence-corrected chi connectivity index (χ3v) is 6.97. The van der Waals surface area contributed by atoms with Crippen molar-refractivity contribution in [3.05, 3.63) is 95.9 Å². The normalized spacial score (nSPS) is 10.7. The Kier molecular flexibility index (Phi) is 5.96. The third-order valence-electron chi connectivity index (χ3n) is 5.78. The summed E-state index contributed by atoms with van der Waals surface area (Å²) in [5.41, 5.74) is 7.56. The Morgan fingerprint density at radius 2 is 1.71 bits per heavy atom. The lowest BCUT2D eigenvalue weighted by molar-refractivity contribution is 0.262. The summed E-state index contributed by atoms with van der Waals surface area (Å²) in [7, 11) is 0. The fourth-order valence-electron chi connectivity index (χ4n) is 3.86. The summed E-state index contributed by atoms with van der Waals surface area (Å²) >= 11 is 1.57. The number of carbonyl (C=O) groups is 1. The van der Waals surface area contributed by atoms with E-state index in [1.807, 2.05) is 80.7 Å². The largest absolute Gasteiger partial charge is 0.323 e. The number of anilines is 2. The summed E-state index contributed by atoms with van der Waals surface area (Å²) in [4.78, 5) is 22.4. The van der Waals surface area contributed by atoms with Gasteiger partial charge in [0.1, 0.15) is 6.07 Å². The SMILES string of the molecule is Cc1ccc(NC(=O)Nc2cccc(-c3c(C#N)cnc4cc(-c5cccnc5)sc34)c2)cc1C. The molecule has 0 fully saturated rings. The van der Waals surface area contributed by atoms with E-state index in [4.69, 9.17) is 0 Å². The molecule has 2 aromatic carbocycles. The van der Waals surface area contributed by atoms with Crippen molar-refractivity contribution in [2.45, 2.75) is 13.8 Å². The molecule has 3 heterocycles. The number of amides is 2. The maximum Gasteiger partial charge on any atom is 0.323 e. The highest BCUT2D eigenvalue weighted by atomic mass is 32.1. The average molecular weight is 476 g/mol. The zero-order valence-electron chi connectivity index (χ0n) is 19.2. The maximum atomic E-state index is 12.6. The summed E-state index contributed by atoms with van der Waals surface area (Å²) in [6.45, 7) is 4.04. The van der Waals surface area contributed by atoms with Crippen LogP contribution in [-0.2, 0) is 0 Å². The minimum Gasteiger partial charge on any atom is -0.308 e. The average Bonchev–Trinajstić information content (AvgIpc) is 3.31. The number of urea groups is 1. The standard InChI is InChI=1S/C28H21N5OS/c1-17-8-9-23(11-18(17)2)33-28(34)32-22-7-3-5-19(12-22)26-21(14-29)16-31-24-13-25(35-27(24)26)20-6-4-10-30-15-20/h3-13,15-16H,1-2H3,(H2,32,33,34). The van der Waals surface area contributed by atoms with E-state index >= 15 is 0 Å². The molecule has 0 radical (unpaired) electrons. The number of carbonyl (C=O) groups excluding carboxylic acids is 1. The van der Waals surface area contributed by atoms with Gasteiger partial charge < -0.3 is 10.6 Å². The molecule has 3 aromatic heterocycles. The first-order valence-electron chi connectivity index (χ1n) is 11.0. The highest BCUT2D eigenvalue weighted by Gasteiger charge is 2.16. The quantitative estimate of drug-likeness (QED) is 0.289. The van der Waals surface area contributed by atoms with Gasteiger partial charge in [0.15, 0.2) is 0 Å². The van der Waals surface area contributed by atoms with Crippen LogP contribution in [0.2, 0.25) is 0 Å². The molecule has 0 spiro atoms. The number of hydrogen-bond donors (Lipinski definition) is 2. The van der Waals surface area contributed by atoms with Crippen LogP contribution in [0.3, 0.4) is 0 Å². The molecule has 0 atom stereocenters. The smallest absolute Gasteiger partial charge is 0.308 e. The predicted octanol–water partition coefficient (Wildman–Crippen LogP) is 7.16. The second kappa shape index (κ2) is 9.37. The molecule has 0 aliphatic rings. The van der Waals surface area contributed by atoms with Crippen molar-refractivity contribution < 1.29 is 4.79 Å². The molecule has 0 bridgehead atoms. The monoisotopic (exact) mass is 475 g/mol. The third kappa shape index (κ3) is 4.60. The molecule has 0 unspecified atom stereocenters. The summed E-state index contributed by atoms with van der Waals surface area (Å²) in [5.74, 6) is 0. The van der Waals surface area contributed by atoms with Gasteiger partial charge in [-0.15, -0.1) is 11.3 Å². The van der Waals surface area contributed by atoms with Gasteiger partial charge >= 0.3 is 6.03 Å². The number of thiophene rings is 1. The van der Waals surface area contributed by atoms with Crippen LogP contribution >= 0.6 is 11.3 Å². The molecule has 6 nitrogen and oxygen atoms in total. The molecule has 2 N–H and O–H groups in total. The van der Waals surface area contributed by atoms with Gasteiger partial charge in [0, 0.05) is 46.0 Å². The summed E-state index contributed by atoms with van der Waals surface area (Å²) in [5, 5.41) is 15.6. The number of rotatable bonds is 4. The lowest BCUT2D eigenvalue weighted by atomic mass is 10.0. The Morgan fingerprint density at radius 3 is 2.46 bits per heavy atom. The van der Waals surface area contributed by atoms with Crippen molar-refractivity contribution in [3.63, 3.8) is 0 Å². The van der Waals surface area contributed by atoms with Crippen molar-refractivity contribution in [2.75, 3.05) is 10.6 Å². The topological polar surface area (TPSA) is 90.7 Å². The molecule has 7 heteroatoms. The lowest BCUT2D eigenvalue weighted by Crippen LogP contribution is -2.19. The van der Waals surface area contributed by atoms with Crippen LogP contribution in [0.1, 0.15) is 16.7 Å². The van der Waals surface area contributed by atoms with Gasteiger partial charge in [-0.3, -0.25) is 9.97 Å². The molecule has 170 valence electrons. The number of benzene rings is 2. The molecule has 35 heavy (non-hydrogen) atoms. The number of nitrogens with zero attached hydrogens (tertiary/aromatic N) is 3. The van der Waals surface area contributed by atoms with Crippen LogP contribution in [0.4, 0.5) is 16.2 Å². The van der Waals surface area contributed by atoms with E-state index in [1.54, 1.807) is 23.7 Å². The Morgan fingerprint density at radius 1 is 0.914 bits per heavy atom. The molecule has 0 aliphatic heterocycles. The van der Waals surface area contributed by atoms with E-state index in [1.165, 1.54) is 5.56 Å². The second-order valence-electron chi connectivity index (χ2n) is 8.18. The van der Waals surface area contributed by atoms with Crippen molar-refractivity contribution in [1.29, 1.82) is 5.26 Å². The van der Waals surface area contributed by atoms with Gasteiger partial charge in [0.2, 0.25) is 0 Å². The molecule has 0 saturated heterocycles. The van der Waals surface area contributed by atoms with E-state index in [9.17, 15) is 10.1 Å². The van der Waals surface area contributed by atoms with Gasteiger partial charge in [-0.25, -0.2) is 4.79 Å². The lowest BCUT2D eigenvalue weighted by Gasteiger charge is -2.11. The highest BCUT2D eigenvalue weighted by Crippen LogP contribution is 2.40. The van der Waals surface area contributed by atoms with Gasteiger partial charge in [-0.05, 0) is 66.9 Å². The van der Waals surface area contributed by atoms with Gasteiger partial charge in [-0.1, -0.05) is 24.3 Å². The Bertz CT molecular complexity index is 1600. The van der Waals surface area contributed by atoms with Crippen molar-refractivity contribution in [1.82, 2.24) is 9.97 Å². The number of aryl methyl sites for hydroxylation is 2. The maximum absolute atomic E-state index is 12.6. The molecule has 5 rings (SSSR count). The molecule has 2 amide bonds. The molecule has 5 aromatic rings. The van der Waals surface area contributed by atoms with E-state index < -0.39 is 0 Å². The number of nitrogens with one attached hydrogen (secondary N) is 2. The second-order valence-corrected chi connectivity index (χ2v) is 9.24. The number of nitriles is 1. The van der Waals surface area contributed by atoms with Crippen molar-refractivity contribution in [2.24, 2.45) is 0 Å². The Balaban J connectivity index is 1.48. The fourth-order valence-corrected chi connectivity index (χ4v) is 5.04. The van der Waals surface area contributed by atoms with Crippen LogP contribution in [0.15, 0.2) is 79.3 Å². The van der Waals surface area contributed by atoms with Crippen LogP contribution in [0, 0.1) is 25.2 Å². The molecular formula is C28H21N5OS. The first-order chi connectivity index (χ1) is 17.0. The van der Waals surface area contributed by atoms with Crippen LogP contribution in [0.5, 0.6) is 0 Å². The van der Waals surface area contributed by atoms with Gasteiger partial charge in [0.05, 0.1) is 15.8 Å². The summed E-state index contributed by atoms with van der Waals surface area (Å²) in [6, 6.07) is 21.1. The van der Waals surface area contributed by atoms with Crippen molar-refractivity contribution in [3.8, 4) is 27.6 Å². The minimum atomic E-state index is -0.333. The fraction of sp³-hybridized carbons (Fsp3) is 0.0714. The number of fused-ring (bicyclic) bond motifs is 1. The minimum absolute atomic E-state index is 0.333. The Hall–Kier alpha value is -4.54. The van der Waals surface area contributed by atoms with E-state index in [0.29, 0.717) is 11.3 Å². The van der Waals surface area contributed by atoms with E-state index in [2.05, 4.69) is 26.7 Å². The van der Waals surface area contributed by atoms with E-state index in [0.717, 1.165) is 43.0 Å². The number of aromatic nitrogens is 2. The molecular weight excluding hydrogens is 454 g/mol. The number of hydrogen-bond acceptors (Lipinski definition) is 5. The highest BCUT2D eigenvalue weighted by molar-refractivity contribution is 7.22. The zero-order valence-corrected chi connectivity index (χ0v) is 20.0. The van der Waals surface area contributed by atoms with Crippen LogP contribution in [-0.4, -0.2) is 16.0 Å². The van der Waals surface area contributed by atoms with Crippen LogP contribution in [0.25, 0.3) is 31.8 Å². The number of pyridine rings is 2. The van der Waals surface area contributed by atoms with Gasteiger partial charge in [-0.2, -0.15) is 5.26 Å². The van der Waals surface area contributed by atoms with E-state index in [-0.39, 0.29) is 6.03 Å². The van der Waals surface area contributed by atoms with Gasteiger partial charge in [0.25, 0.3) is 0 Å². The van der Waals surface area contributed by atoms with Crippen LogP contribution < -0.4 is 10.6 Å². The van der Waals surface area contributed by atoms with Crippen molar-refractivity contribution >= 4 is 39.0 Å². The molecule has 0 saturated carbocycles.